The minimum Gasteiger partial charge on any atom is -0.378 e. The van der Waals surface area contributed by atoms with Gasteiger partial charge < -0.3 is 5.11 Å². The number of piperidine rings is 1. The van der Waals surface area contributed by atoms with Crippen molar-refractivity contribution < 1.29 is 5.11 Å². The molecule has 1 atom stereocenters. The molecule has 2 aliphatic rings. The molecule has 0 amide bonds. The van der Waals surface area contributed by atoms with Crippen molar-refractivity contribution in [1.29, 1.82) is 0 Å². The third-order valence-electron chi connectivity index (χ3n) is 4.72. The summed E-state index contributed by atoms with van der Waals surface area (Å²) in [4.78, 5) is 6.68. The molecule has 21 heavy (non-hydrogen) atoms. The maximum Gasteiger partial charge on any atom is 0.125 e. The highest BCUT2D eigenvalue weighted by Gasteiger charge is 2.29. The van der Waals surface area contributed by atoms with Crippen molar-refractivity contribution in [1.82, 2.24) is 9.88 Å². The maximum absolute atomic E-state index is 10.3. The Bertz CT molecular complexity index is 511. The van der Waals surface area contributed by atoms with Gasteiger partial charge in [0.05, 0.1) is 6.54 Å². The van der Waals surface area contributed by atoms with E-state index in [9.17, 15) is 5.11 Å². The van der Waals surface area contributed by atoms with E-state index >= 15 is 0 Å². The van der Waals surface area contributed by atoms with Crippen LogP contribution in [0.1, 0.15) is 56.6 Å². The van der Waals surface area contributed by atoms with Gasteiger partial charge in [0.15, 0.2) is 0 Å². The van der Waals surface area contributed by atoms with Crippen LogP contribution in [0.15, 0.2) is 24.5 Å². The SMILES string of the molecule is OC1(C#CCN2CCCC[C@@H]2c2cccnc2)CCCC1. The minimum atomic E-state index is -0.709. The number of hydrogen-bond donors (Lipinski definition) is 1. The van der Waals surface area contributed by atoms with Crippen molar-refractivity contribution in [2.75, 3.05) is 13.1 Å². The van der Waals surface area contributed by atoms with Crippen molar-refractivity contribution in [3.8, 4) is 11.8 Å². The van der Waals surface area contributed by atoms with Crippen LogP contribution in [0.25, 0.3) is 0 Å². The van der Waals surface area contributed by atoms with E-state index in [1.54, 1.807) is 0 Å². The van der Waals surface area contributed by atoms with E-state index in [-0.39, 0.29) is 0 Å². The number of rotatable bonds is 2. The van der Waals surface area contributed by atoms with Gasteiger partial charge in [0.2, 0.25) is 0 Å². The van der Waals surface area contributed by atoms with Crippen LogP contribution >= 0.6 is 0 Å². The Labute approximate surface area is 127 Å². The van der Waals surface area contributed by atoms with Crippen LogP contribution in [0.3, 0.4) is 0 Å². The molecule has 1 saturated carbocycles. The quantitative estimate of drug-likeness (QED) is 0.848. The number of aromatic nitrogens is 1. The summed E-state index contributed by atoms with van der Waals surface area (Å²) < 4.78 is 0. The Balaban J connectivity index is 1.66. The molecule has 1 N–H and O–H groups in total. The summed E-state index contributed by atoms with van der Waals surface area (Å²) in [5.41, 5.74) is 0.582. The molecule has 3 nitrogen and oxygen atoms in total. The summed E-state index contributed by atoms with van der Waals surface area (Å²) in [7, 11) is 0. The molecule has 112 valence electrons. The second-order valence-corrected chi connectivity index (χ2v) is 6.31. The van der Waals surface area contributed by atoms with Crippen molar-refractivity contribution >= 4 is 0 Å². The summed E-state index contributed by atoms with van der Waals surface area (Å²) >= 11 is 0. The van der Waals surface area contributed by atoms with Crippen LogP contribution in [0.2, 0.25) is 0 Å². The second kappa shape index (κ2) is 6.60. The molecule has 0 radical (unpaired) electrons. The van der Waals surface area contributed by atoms with E-state index in [4.69, 9.17) is 0 Å². The fraction of sp³-hybridized carbons (Fsp3) is 0.611. The zero-order valence-electron chi connectivity index (χ0n) is 12.6. The largest absolute Gasteiger partial charge is 0.378 e. The van der Waals surface area contributed by atoms with Crippen LogP contribution in [-0.2, 0) is 0 Å². The van der Waals surface area contributed by atoms with Gasteiger partial charge in [-0.2, -0.15) is 0 Å². The predicted molar refractivity (Wildman–Crippen MR) is 83.6 cm³/mol. The topological polar surface area (TPSA) is 36.4 Å². The first kappa shape index (κ1) is 14.6. The summed E-state index contributed by atoms with van der Waals surface area (Å²) in [5.74, 6) is 6.37. The molecular formula is C18H24N2O. The third-order valence-corrected chi connectivity index (χ3v) is 4.72. The molecule has 1 aromatic heterocycles. The van der Waals surface area contributed by atoms with Gasteiger partial charge in [-0.05, 0) is 56.7 Å². The molecule has 2 fully saturated rings. The number of nitrogens with zero attached hydrogens (tertiary/aromatic N) is 2. The first-order valence-electron chi connectivity index (χ1n) is 8.13. The molecule has 2 heterocycles. The first-order chi connectivity index (χ1) is 10.3. The summed E-state index contributed by atoms with van der Waals surface area (Å²) in [6, 6.07) is 4.60. The van der Waals surface area contributed by atoms with E-state index in [1.165, 1.54) is 24.8 Å². The number of aliphatic hydroxyl groups is 1. The molecule has 3 heteroatoms. The molecule has 0 spiro atoms. The van der Waals surface area contributed by atoms with E-state index in [2.05, 4.69) is 27.8 Å². The van der Waals surface area contributed by atoms with E-state index in [0.717, 1.165) is 38.8 Å². The number of hydrogen-bond acceptors (Lipinski definition) is 3. The average molecular weight is 284 g/mol. The molecule has 1 aliphatic carbocycles. The Morgan fingerprint density at radius 2 is 2.14 bits per heavy atom. The standard InChI is InChI=1S/C18H24N2O/c21-18(9-2-3-10-18)11-6-14-20-13-4-1-8-17(20)16-7-5-12-19-15-16/h5,7,12,15,17,21H,1-4,8-10,13-14H2/t17-/m1/s1. The van der Waals surface area contributed by atoms with E-state index in [0.29, 0.717) is 6.04 Å². The molecule has 1 saturated heterocycles. The second-order valence-electron chi connectivity index (χ2n) is 6.31. The zero-order valence-corrected chi connectivity index (χ0v) is 12.6. The van der Waals surface area contributed by atoms with Crippen LogP contribution in [0.4, 0.5) is 0 Å². The van der Waals surface area contributed by atoms with Crippen LogP contribution in [-0.4, -0.2) is 33.7 Å². The lowest BCUT2D eigenvalue weighted by molar-refractivity contribution is 0.109. The first-order valence-corrected chi connectivity index (χ1v) is 8.13. The molecule has 0 aromatic carbocycles. The Morgan fingerprint density at radius 1 is 1.29 bits per heavy atom. The Hall–Kier alpha value is -1.37. The highest BCUT2D eigenvalue weighted by atomic mass is 16.3. The molecule has 0 unspecified atom stereocenters. The normalized spacial score (nSPS) is 25.3. The lowest BCUT2D eigenvalue weighted by Gasteiger charge is -2.34. The molecule has 1 aliphatic heterocycles. The van der Waals surface area contributed by atoms with Gasteiger partial charge in [-0.25, -0.2) is 0 Å². The number of pyridine rings is 1. The summed E-state index contributed by atoms with van der Waals surface area (Å²) in [6.45, 7) is 1.84. The molecule has 1 aromatic rings. The monoisotopic (exact) mass is 284 g/mol. The predicted octanol–water partition coefficient (Wildman–Crippen LogP) is 2.92. The highest BCUT2D eigenvalue weighted by Crippen LogP contribution is 2.30. The van der Waals surface area contributed by atoms with Crippen molar-refractivity contribution in [2.45, 2.75) is 56.6 Å². The van der Waals surface area contributed by atoms with Crippen molar-refractivity contribution in [3.63, 3.8) is 0 Å². The lowest BCUT2D eigenvalue weighted by atomic mass is 9.96. The Kier molecular flexibility index (Phi) is 4.57. The van der Waals surface area contributed by atoms with Gasteiger partial charge >= 0.3 is 0 Å². The van der Waals surface area contributed by atoms with Gasteiger partial charge in [-0.3, -0.25) is 9.88 Å². The van der Waals surface area contributed by atoms with Crippen LogP contribution in [0, 0.1) is 11.8 Å². The van der Waals surface area contributed by atoms with Gasteiger partial charge in [0.1, 0.15) is 5.60 Å². The van der Waals surface area contributed by atoms with E-state index < -0.39 is 5.60 Å². The van der Waals surface area contributed by atoms with Gasteiger partial charge in [0.25, 0.3) is 0 Å². The van der Waals surface area contributed by atoms with Gasteiger partial charge in [-0.1, -0.05) is 24.3 Å². The zero-order chi connectivity index (χ0) is 14.5. The lowest BCUT2D eigenvalue weighted by Crippen LogP contribution is -2.34. The highest BCUT2D eigenvalue weighted by molar-refractivity contribution is 5.19. The van der Waals surface area contributed by atoms with Crippen LogP contribution < -0.4 is 0 Å². The molecule has 3 rings (SSSR count). The number of likely N-dealkylation sites (tertiary alicyclic amines) is 1. The third kappa shape index (κ3) is 3.64. The fourth-order valence-electron chi connectivity index (χ4n) is 3.52. The smallest absolute Gasteiger partial charge is 0.125 e. The van der Waals surface area contributed by atoms with Crippen LogP contribution in [0.5, 0.6) is 0 Å². The van der Waals surface area contributed by atoms with Crippen molar-refractivity contribution in [2.24, 2.45) is 0 Å². The summed E-state index contributed by atoms with van der Waals surface area (Å²) in [5, 5.41) is 10.3. The van der Waals surface area contributed by atoms with Crippen molar-refractivity contribution in [3.05, 3.63) is 30.1 Å². The molecule has 0 bridgehead atoms. The maximum atomic E-state index is 10.3. The fourth-order valence-corrected chi connectivity index (χ4v) is 3.52. The molecular weight excluding hydrogens is 260 g/mol. The van der Waals surface area contributed by atoms with Gasteiger partial charge in [-0.15, -0.1) is 0 Å². The van der Waals surface area contributed by atoms with E-state index in [1.807, 2.05) is 18.5 Å². The summed E-state index contributed by atoms with van der Waals surface area (Å²) in [6.07, 6.45) is 11.4. The average Bonchev–Trinajstić information content (AvgIpc) is 2.95. The Morgan fingerprint density at radius 3 is 2.90 bits per heavy atom. The van der Waals surface area contributed by atoms with Gasteiger partial charge in [0, 0.05) is 18.4 Å². The minimum absolute atomic E-state index is 0.431.